The molecule has 1 heterocycles. The fraction of sp³-hybridized carbons (Fsp3) is 0.211. The van der Waals surface area contributed by atoms with Gasteiger partial charge in [-0.25, -0.2) is 4.98 Å². The van der Waals surface area contributed by atoms with Gasteiger partial charge in [0.05, 0.1) is 6.54 Å². The molecular formula is C19H20N2O. The molecular weight excluding hydrogens is 272 g/mol. The Labute approximate surface area is 130 Å². The molecule has 3 nitrogen and oxygen atoms in total. The highest BCUT2D eigenvalue weighted by Gasteiger charge is 2.11. The first kappa shape index (κ1) is 14.4. The molecule has 0 amide bonds. The second kappa shape index (κ2) is 5.68. The van der Waals surface area contributed by atoms with E-state index in [4.69, 9.17) is 0 Å². The molecule has 2 aromatic carbocycles. The van der Waals surface area contributed by atoms with E-state index in [1.165, 1.54) is 5.56 Å². The molecule has 0 radical (unpaired) electrons. The molecule has 1 N–H and O–H groups in total. The third-order valence-corrected chi connectivity index (χ3v) is 3.93. The average Bonchev–Trinajstić information content (AvgIpc) is 2.85. The van der Waals surface area contributed by atoms with Crippen molar-refractivity contribution in [1.82, 2.24) is 9.55 Å². The molecule has 112 valence electrons. The summed E-state index contributed by atoms with van der Waals surface area (Å²) in [7, 11) is 0. The molecule has 3 aromatic rings. The summed E-state index contributed by atoms with van der Waals surface area (Å²) in [5.41, 5.74) is 5.45. The van der Waals surface area contributed by atoms with Gasteiger partial charge >= 0.3 is 0 Å². The Kier molecular flexibility index (Phi) is 3.72. The lowest BCUT2D eigenvalue weighted by molar-refractivity contribution is 0.465. The van der Waals surface area contributed by atoms with Crippen molar-refractivity contribution in [3.05, 3.63) is 71.0 Å². The lowest BCUT2D eigenvalue weighted by Crippen LogP contribution is -2.04. The number of phenolic OH excluding ortho intramolecular Hbond substituents is 1. The zero-order chi connectivity index (χ0) is 15.7. The standard InChI is InChI=1S/C19H20N2O/c1-13-4-7-16(8-5-13)19-20-11-15(3)21(19)12-17-10-14(2)6-9-18(17)22/h4-11,22H,12H2,1-3H3. The SMILES string of the molecule is Cc1ccc(-c2ncc(C)n2Cc2cc(C)ccc2O)cc1. The van der Waals surface area contributed by atoms with Crippen LogP contribution in [0.5, 0.6) is 5.75 Å². The molecule has 0 unspecified atom stereocenters. The Balaban J connectivity index is 2.02. The highest BCUT2D eigenvalue weighted by Crippen LogP contribution is 2.25. The van der Waals surface area contributed by atoms with Crippen LogP contribution in [0.25, 0.3) is 11.4 Å². The number of imidazole rings is 1. The Hall–Kier alpha value is -2.55. The van der Waals surface area contributed by atoms with Crippen LogP contribution in [-0.4, -0.2) is 14.7 Å². The van der Waals surface area contributed by atoms with Gasteiger partial charge in [-0.3, -0.25) is 0 Å². The van der Waals surface area contributed by atoms with E-state index in [-0.39, 0.29) is 0 Å². The van der Waals surface area contributed by atoms with Gasteiger partial charge in [-0.15, -0.1) is 0 Å². The van der Waals surface area contributed by atoms with E-state index in [9.17, 15) is 5.11 Å². The number of phenols is 1. The van der Waals surface area contributed by atoms with Crippen molar-refractivity contribution >= 4 is 0 Å². The first-order chi connectivity index (χ1) is 10.5. The molecule has 0 aliphatic rings. The van der Waals surface area contributed by atoms with Gasteiger partial charge in [0.1, 0.15) is 11.6 Å². The molecule has 0 aliphatic carbocycles. The molecule has 1 aromatic heterocycles. The predicted octanol–water partition coefficient (Wildman–Crippen LogP) is 4.23. The van der Waals surface area contributed by atoms with Crippen LogP contribution in [0.2, 0.25) is 0 Å². The summed E-state index contributed by atoms with van der Waals surface area (Å²) in [4.78, 5) is 4.55. The van der Waals surface area contributed by atoms with Crippen LogP contribution in [0.4, 0.5) is 0 Å². The van der Waals surface area contributed by atoms with E-state index in [1.807, 2.05) is 32.2 Å². The zero-order valence-electron chi connectivity index (χ0n) is 13.2. The molecule has 0 atom stereocenters. The monoisotopic (exact) mass is 292 g/mol. The highest BCUT2D eigenvalue weighted by molar-refractivity contribution is 5.57. The number of nitrogens with zero attached hydrogens (tertiary/aromatic N) is 2. The van der Waals surface area contributed by atoms with Gasteiger partial charge in [-0.2, -0.15) is 0 Å². The maximum absolute atomic E-state index is 10.1. The zero-order valence-corrected chi connectivity index (χ0v) is 13.2. The van der Waals surface area contributed by atoms with Crippen LogP contribution < -0.4 is 0 Å². The average molecular weight is 292 g/mol. The van der Waals surface area contributed by atoms with E-state index >= 15 is 0 Å². The van der Waals surface area contributed by atoms with E-state index < -0.39 is 0 Å². The van der Waals surface area contributed by atoms with Crippen molar-refractivity contribution in [1.29, 1.82) is 0 Å². The Morgan fingerprint density at radius 1 is 0.955 bits per heavy atom. The number of aromatic hydroxyl groups is 1. The minimum Gasteiger partial charge on any atom is -0.508 e. The number of benzene rings is 2. The minimum absolute atomic E-state index is 0.327. The molecule has 0 spiro atoms. The first-order valence-corrected chi connectivity index (χ1v) is 7.42. The molecule has 3 heteroatoms. The van der Waals surface area contributed by atoms with Crippen LogP contribution >= 0.6 is 0 Å². The Morgan fingerprint density at radius 3 is 2.36 bits per heavy atom. The second-order valence-corrected chi connectivity index (χ2v) is 5.81. The van der Waals surface area contributed by atoms with E-state index in [2.05, 4.69) is 40.7 Å². The predicted molar refractivity (Wildman–Crippen MR) is 89.1 cm³/mol. The topological polar surface area (TPSA) is 38.0 Å². The molecule has 0 saturated heterocycles. The number of aryl methyl sites for hydroxylation is 3. The third-order valence-electron chi connectivity index (χ3n) is 3.93. The molecule has 22 heavy (non-hydrogen) atoms. The first-order valence-electron chi connectivity index (χ1n) is 7.42. The van der Waals surface area contributed by atoms with Gasteiger partial charge in [0, 0.05) is 23.0 Å². The van der Waals surface area contributed by atoms with Gasteiger partial charge < -0.3 is 9.67 Å². The lowest BCUT2D eigenvalue weighted by atomic mass is 10.1. The summed E-state index contributed by atoms with van der Waals surface area (Å²) < 4.78 is 2.14. The van der Waals surface area contributed by atoms with Gasteiger partial charge in [0.15, 0.2) is 0 Å². The van der Waals surface area contributed by atoms with Crippen LogP contribution in [0, 0.1) is 20.8 Å². The van der Waals surface area contributed by atoms with Crippen molar-refractivity contribution in [2.24, 2.45) is 0 Å². The fourth-order valence-electron chi connectivity index (χ4n) is 2.60. The van der Waals surface area contributed by atoms with Gasteiger partial charge in [0.25, 0.3) is 0 Å². The summed E-state index contributed by atoms with van der Waals surface area (Å²) in [6.07, 6.45) is 1.88. The summed E-state index contributed by atoms with van der Waals surface area (Å²) in [6.45, 7) is 6.76. The number of hydrogen-bond acceptors (Lipinski definition) is 2. The molecule has 0 saturated carbocycles. The molecule has 0 fully saturated rings. The normalized spacial score (nSPS) is 10.9. The number of hydrogen-bond donors (Lipinski definition) is 1. The van der Waals surface area contributed by atoms with Gasteiger partial charge in [-0.1, -0.05) is 47.5 Å². The highest BCUT2D eigenvalue weighted by atomic mass is 16.3. The van der Waals surface area contributed by atoms with Crippen molar-refractivity contribution in [2.45, 2.75) is 27.3 Å². The largest absolute Gasteiger partial charge is 0.508 e. The van der Waals surface area contributed by atoms with Crippen LogP contribution in [-0.2, 0) is 6.54 Å². The van der Waals surface area contributed by atoms with Crippen molar-refractivity contribution in [3.8, 4) is 17.1 Å². The maximum atomic E-state index is 10.1. The van der Waals surface area contributed by atoms with E-state index in [0.717, 1.165) is 28.2 Å². The van der Waals surface area contributed by atoms with E-state index in [0.29, 0.717) is 12.3 Å². The summed E-state index contributed by atoms with van der Waals surface area (Å²) in [5.74, 6) is 1.26. The van der Waals surface area contributed by atoms with Crippen LogP contribution in [0.15, 0.2) is 48.7 Å². The lowest BCUT2D eigenvalue weighted by Gasteiger charge is -2.12. The number of rotatable bonds is 3. The summed E-state index contributed by atoms with van der Waals surface area (Å²) >= 11 is 0. The number of aromatic nitrogens is 2. The molecule has 3 rings (SSSR count). The summed E-state index contributed by atoms with van der Waals surface area (Å²) in [6, 6.07) is 14.0. The van der Waals surface area contributed by atoms with Crippen molar-refractivity contribution in [2.75, 3.05) is 0 Å². The smallest absolute Gasteiger partial charge is 0.140 e. The fourth-order valence-corrected chi connectivity index (χ4v) is 2.60. The van der Waals surface area contributed by atoms with Crippen LogP contribution in [0.1, 0.15) is 22.4 Å². The van der Waals surface area contributed by atoms with Gasteiger partial charge in [-0.05, 0) is 26.8 Å². The van der Waals surface area contributed by atoms with Crippen molar-refractivity contribution in [3.63, 3.8) is 0 Å². The Bertz CT molecular complexity index is 801. The molecule has 0 aliphatic heterocycles. The van der Waals surface area contributed by atoms with Gasteiger partial charge in [0.2, 0.25) is 0 Å². The van der Waals surface area contributed by atoms with Crippen LogP contribution in [0.3, 0.4) is 0 Å². The third kappa shape index (κ3) is 2.75. The maximum Gasteiger partial charge on any atom is 0.140 e. The van der Waals surface area contributed by atoms with Crippen molar-refractivity contribution < 1.29 is 5.11 Å². The minimum atomic E-state index is 0.327. The van der Waals surface area contributed by atoms with E-state index in [1.54, 1.807) is 6.07 Å². The summed E-state index contributed by atoms with van der Waals surface area (Å²) in [5, 5.41) is 10.1. The second-order valence-electron chi connectivity index (χ2n) is 5.81. The molecule has 0 bridgehead atoms. The quantitative estimate of drug-likeness (QED) is 0.784. The Morgan fingerprint density at radius 2 is 1.64 bits per heavy atom.